The fourth-order valence-corrected chi connectivity index (χ4v) is 6.67. The Morgan fingerprint density at radius 1 is 1.00 bits per heavy atom. The molecule has 5 rings (SSSR count). The third-order valence-electron chi connectivity index (χ3n) is 5.38. The van der Waals surface area contributed by atoms with Crippen LogP contribution in [0.3, 0.4) is 0 Å². The van der Waals surface area contributed by atoms with E-state index in [0.717, 1.165) is 21.8 Å². The number of halogens is 1. The standard InChI is InChI=1S/C21H15ClN2O4S2/c1-28-13-8-6-12(7-9-13)24-19(25)15-14(10-2-4-11(22)5-3-10)16-18(23-21(27)30-16)29-17(15)20(24)26/h2-9,14-15,17H,1H3,(H,23,27)/t14-,15?,17?/m1/s1. The molecule has 0 bridgehead atoms. The van der Waals surface area contributed by atoms with E-state index in [0.29, 0.717) is 21.5 Å². The van der Waals surface area contributed by atoms with E-state index in [9.17, 15) is 14.4 Å². The molecule has 1 aromatic heterocycles. The smallest absolute Gasteiger partial charge is 0.305 e. The number of nitrogens with one attached hydrogen (secondary N) is 1. The Morgan fingerprint density at radius 2 is 1.70 bits per heavy atom. The van der Waals surface area contributed by atoms with Crippen molar-refractivity contribution in [1.82, 2.24) is 4.98 Å². The van der Waals surface area contributed by atoms with Gasteiger partial charge in [-0.05, 0) is 42.0 Å². The van der Waals surface area contributed by atoms with E-state index >= 15 is 0 Å². The van der Waals surface area contributed by atoms with Crippen LogP contribution in [-0.2, 0) is 9.59 Å². The molecule has 0 aliphatic carbocycles. The first kappa shape index (κ1) is 19.4. The van der Waals surface area contributed by atoms with Gasteiger partial charge in [-0.2, -0.15) is 0 Å². The Kier molecular flexibility index (Phi) is 4.72. The molecular formula is C21H15ClN2O4S2. The molecule has 0 spiro atoms. The first-order chi connectivity index (χ1) is 14.5. The van der Waals surface area contributed by atoms with E-state index in [1.54, 1.807) is 43.5 Å². The van der Waals surface area contributed by atoms with Crippen molar-refractivity contribution in [2.45, 2.75) is 16.2 Å². The van der Waals surface area contributed by atoms with Crippen molar-refractivity contribution in [2.75, 3.05) is 12.0 Å². The molecule has 3 atom stereocenters. The summed E-state index contributed by atoms with van der Waals surface area (Å²) >= 11 is 8.40. The molecule has 152 valence electrons. The summed E-state index contributed by atoms with van der Waals surface area (Å²) in [6.07, 6.45) is 0. The van der Waals surface area contributed by atoms with Crippen LogP contribution in [-0.4, -0.2) is 29.2 Å². The summed E-state index contributed by atoms with van der Waals surface area (Å²) < 4.78 is 5.17. The lowest BCUT2D eigenvalue weighted by Crippen LogP contribution is -2.32. The van der Waals surface area contributed by atoms with Gasteiger partial charge in [-0.1, -0.05) is 46.8 Å². The largest absolute Gasteiger partial charge is 0.497 e. The second-order valence-corrected chi connectivity index (χ2v) is 9.61. The van der Waals surface area contributed by atoms with Gasteiger partial charge in [0, 0.05) is 15.8 Å². The number of nitrogens with zero attached hydrogens (tertiary/aromatic N) is 1. The molecule has 2 aliphatic rings. The molecule has 1 saturated heterocycles. The van der Waals surface area contributed by atoms with Crippen LogP contribution in [0.1, 0.15) is 16.4 Å². The highest BCUT2D eigenvalue weighted by molar-refractivity contribution is 8.00. The molecular weight excluding hydrogens is 444 g/mol. The van der Waals surface area contributed by atoms with Crippen molar-refractivity contribution < 1.29 is 14.3 Å². The van der Waals surface area contributed by atoms with Crippen LogP contribution in [0.4, 0.5) is 5.69 Å². The average Bonchev–Trinajstić information content (AvgIpc) is 3.24. The number of methoxy groups -OCH3 is 1. The Balaban J connectivity index is 1.62. The number of aromatic nitrogens is 1. The number of imide groups is 1. The van der Waals surface area contributed by atoms with E-state index in [1.165, 1.54) is 16.7 Å². The van der Waals surface area contributed by atoms with E-state index < -0.39 is 17.1 Å². The van der Waals surface area contributed by atoms with Gasteiger partial charge in [0.15, 0.2) is 0 Å². The molecule has 9 heteroatoms. The fourth-order valence-electron chi connectivity index (χ4n) is 4.03. The molecule has 0 saturated carbocycles. The van der Waals surface area contributed by atoms with Gasteiger partial charge in [0.1, 0.15) is 11.0 Å². The van der Waals surface area contributed by atoms with Gasteiger partial charge in [0.05, 0.1) is 23.7 Å². The van der Waals surface area contributed by atoms with Gasteiger partial charge in [0.25, 0.3) is 0 Å². The highest BCUT2D eigenvalue weighted by Crippen LogP contribution is 2.53. The van der Waals surface area contributed by atoms with Gasteiger partial charge >= 0.3 is 4.87 Å². The Labute approximate surface area is 184 Å². The van der Waals surface area contributed by atoms with Crippen LogP contribution in [0.15, 0.2) is 58.4 Å². The van der Waals surface area contributed by atoms with Gasteiger partial charge in [0.2, 0.25) is 11.8 Å². The number of hydrogen-bond donors (Lipinski definition) is 1. The lowest BCUT2D eigenvalue weighted by Gasteiger charge is -2.29. The highest BCUT2D eigenvalue weighted by Gasteiger charge is 2.56. The van der Waals surface area contributed by atoms with Crippen LogP contribution in [0.5, 0.6) is 5.75 Å². The number of aromatic amines is 1. The SMILES string of the molecule is COc1ccc(N2C(=O)C3Sc4[nH]c(=O)sc4[C@H](c4ccc(Cl)cc4)C3C2=O)cc1. The summed E-state index contributed by atoms with van der Waals surface area (Å²) in [5, 5.41) is 0.624. The third kappa shape index (κ3) is 2.98. The summed E-state index contributed by atoms with van der Waals surface area (Å²) in [4.78, 5) is 43.5. The van der Waals surface area contributed by atoms with Gasteiger partial charge in [-0.15, -0.1) is 0 Å². The normalized spacial score (nSPS) is 22.7. The van der Waals surface area contributed by atoms with Gasteiger partial charge in [-0.3, -0.25) is 14.4 Å². The van der Waals surface area contributed by atoms with Crippen LogP contribution in [0.2, 0.25) is 5.02 Å². The van der Waals surface area contributed by atoms with Crippen LogP contribution >= 0.6 is 34.7 Å². The molecule has 2 aromatic carbocycles. The second-order valence-electron chi connectivity index (χ2n) is 7.01. The second kappa shape index (κ2) is 7.30. The lowest BCUT2D eigenvalue weighted by atomic mass is 9.83. The lowest BCUT2D eigenvalue weighted by molar-refractivity contribution is -0.122. The highest BCUT2D eigenvalue weighted by atomic mass is 35.5. The van der Waals surface area contributed by atoms with E-state index in [-0.39, 0.29) is 16.7 Å². The van der Waals surface area contributed by atoms with Crippen LogP contribution < -0.4 is 14.5 Å². The zero-order valence-electron chi connectivity index (χ0n) is 15.6. The summed E-state index contributed by atoms with van der Waals surface area (Å²) in [5.74, 6) is -0.911. The number of thioether (sulfide) groups is 1. The number of amides is 2. The number of H-pyrrole nitrogens is 1. The molecule has 30 heavy (non-hydrogen) atoms. The predicted molar refractivity (Wildman–Crippen MR) is 117 cm³/mol. The van der Waals surface area contributed by atoms with Gasteiger partial charge in [-0.25, -0.2) is 4.90 Å². The van der Waals surface area contributed by atoms with Crippen molar-refractivity contribution in [3.63, 3.8) is 0 Å². The first-order valence-electron chi connectivity index (χ1n) is 9.15. The number of hydrogen-bond acceptors (Lipinski definition) is 6. The monoisotopic (exact) mass is 458 g/mol. The number of carbonyl (C=O) groups is 2. The molecule has 2 amide bonds. The minimum atomic E-state index is -0.613. The number of fused-ring (bicyclic) bond motifs is 2. The Bertz CT molecular complexity index is 1200. The maximum Gasteiger partial charge on any atom is 0.305 e. The molecule has 2 unspecified atom stereocenters. The van der Waals surface area contributed by atoms with Crippen molar-refractivity contribution in [3.05, 3.63) is 73.7 Å². The summed E-state index contributed by atoms with van der Waals surface area (Å²) in [6, 6.07) is 14.0. The van der Waals surface area contributed by atoms with E-state index in [1.807, 2.05) is 12.1 Å². The zero-order chi connectivity index (χ0) is 21.0. The van der Waals surface area contributed by atoms with Crippen LogP contribution in [0.25, 0.3) is 0 Å². The molecule has 1 N–H and O–H groups in total. The molecule has 0 radical (unpaired) electrons. The number of carbonyl (C=O) groups excluding carboxylic acids is 2. The first-order valence-corrected chi connectivity index (χ1v) is 11.2. The van der Waals surface area contributed by atoms with E-state index in [4.69, 9.17) is 16.3 Å². The maximum atomic E-state index is 13.5. The number of anilines is 1. The molecule has 6 nitrogen and oxygen atoms in total. The molecule has 3 heterocycles. The zero-order valence-corrected chi connectivity index (χ0v) is 18.0. The van der Waals surface area contributed by atoms with Crippen molar-refractivity contribution in [3.8, 4) is 5.75 Å². The summed E-state index contributed by atoms with van der Waals surface area (Å²) in [6.45, 7) is 0. The van der Waals surface area contributed by atoms with Crippen LogP contribution in [0, 0.1) is 5.92 Å². The average molecular weight is 459 g/mol. The van der Waals surface area contributed by atoms with Crippen molar-refractivity contribution in [1.29, 1.82) is 0 Å². The quantitative estimate of drug-likeness (QED) is 0.602. The minimum Gasteiger partial charge on any atom is -0.497 e. The third-order valence-corrected chi connectivity index (χ3v) is 8.04. The van der Waals surface area contributed by atoms with Gasteiger partial charge < -0.3 is 9.72 Å². The minimum absolute atomic E-state index is 0.196. The Hall–Kier alpha value is -2.55. The number of thiazole rings is 1. The maximum absolute atomic E-state index is 13.5. The van der Waals surface area contributed by atoms with E-state index in [2.05, 4.69) is 4.98 Å². The van der Waals surface area contributed by atoms with Crippen molar-refractivity contribution in [2.24, 2.45) is 5.92 Å². The number of benzene rings is 2. The summed E-state index contributed by atoms with van der Waals surface area (Å²) in [5.41, 5.74) is 1.36. The molecule has 1 fully saturated rings. The molecule has 2 aliphatic heterocycles. The van der Waals surface area contributed by atoms with Crippen molar-refractivity contribution >= 4 is 52.2 Å². The Morgan fingerprint density at radius 3 is 2.37 bits per heavy atom. The topological polar surface area (TPSA) is 79.5 Å². The molecule has 3 aromatic rings. The number of ether oxygens (including phenoxy) is 1. The number of rotatable bonds is 3. The fraction of sp³-hybridized carbons (Fsp3) is 0.190. The summed E-state index contributed by atoms with van der Waals surface area (Å²) in [7, 11) is 1.56. The predicted octanol–water partition coefficient (Wildman–Crippen LogP) is 3.89.